The Kier molecular flexibility index (Phi) is 3.46. The summed E-state index contributed by atoms with van der Waals surface area (Å²) >= 11 is 1.49. The van der Waals surface area contributed by atoms with Gasteiger partial charge < -0.3 is 4.90 Å². The van der Waals surface area contributed by atoms with Crippen molar-refractivity contribution < 1.29 is 0 Å². The number of hydrogen-bond donors (Lipinski definition) is 0. The standard InChI is InChI=1S/C16H17N5S/c1-11-18-16(22-20-11)21-9-6-12(7-10-21)14-5-4-13-3-2-8-17-15(13)19-14/h2-5,8,12H,6-7,9-10H2,1H3. The normalized spacial score (nSPS) is 16.3. The number of nitrogens with zero attached hydrogens (tertiary/aromatic N) is 5. The highest BCUT2D eigenvalue weighted by molar-refractivity contribution is 7.09. The molecule has 0 spiro atoms. The van der Waals surface area contributed by atoms with E-state index >= 15 is 0 Å². The van der Waals surface area contributed by atoms with Gasteiger partial charge in [0.15, 0.2) is 5.65 Å². The van der Waals surface area contributed by atoms with Crippen molar-refractivity contribution in [3.8, 4) is 0 Å². The monoisotopic (exact) mass is 311 g/mol. The van der Waals surface area contributed by atoms with Crippen LogP contribution in [0.15, 0.2) is 30.5 Å². The van der Waals surface area contributed by atoms with Gasteiger partial charge in [-0.05, 0) is 44.0 Å². The SMILES string of the molecule is Cc1nsc(N2CCC(c3ccc4cccnc4n3)CC2)n1. The molecule has 4 heterocycles. The van der Waals surface area contributed by atoms with E-state index in [1.807, 2.05) is 13.0 Å². The second kappa shape index (κ2) is 5.61. The van der Waals surface area contributed by atoms with Crippen molar-refractivity contribution in [3.05, 3.63) is 42.0 Å². The zero-order valence-electron chi connectivity index (χ0n) is 12.4. The Hall–Kier alpha value is -2.08. The van der Waals surface area contributed by atoms with Crippen molar-refractivity contribution in [2.24, 2.45) is 0 Å². The fourth-order valence-electron chi connectivity index (χ4n) is 2.98. The molecule has 6 heteroatoms. The van der Waals surface area contributed by atoms with Gasteiger partial charge in [-0.2, -0.15) is 4.37 Å². The van der Waals surface area contributed by atoms with Crippen molar-refractivity contribution in [3.63, 3.8) is 0 Å². The van der Waals surface area contributed by atoms with Crippen LogP contribution in [0.1, 0.15) is 30.3 Å². The Balaban J connectivity index is 1.50. The molecule has 0 amide bonds. The fraction of sp³-hybridized carbons (Fsp3) is 0.375. The Morgan fingerprint density at radius 1 is 1.14 bits per heavy atom. The van der Waals surface area contributed by atoms with E-state index in [1.165, 1.54) is 17.2 Å². The number of aromatic nitrogens is 4. The van der Waals surface area contributed by atoms with Gasteiger partial charge >= 0.3 is 0 Å². The Labute approximate surface area is 133 Å². The van der Waals surface area contributed by atoms with Crippen molar-refractivity contribution in [1.82, 2.24) is 19.3 Å². The molecule has 0 radical (unpaired) electrons. The lowest BCUT2D eigenvalue weighted by Crippen LogP contribution is -2.33. The summed E-state index contributed by atoms with van der Waals surface area (Å²) in [5.74, 6) is 1.38. The minimum absolute atomic E-state index is 0.511. The molecule has 1 saturated heterocycles. The van der Waals surface area contributed by atoms with Gasteiger partial charge in [-0.1, -0.05) is 0 Å². The van der Waals surface area contributed by atoms with E-state index in [0.29, 0.717) is 5.92 Å². The molecule has 0 N–H and O–H groups in total. The van der Waals surface area contributed by atoms with Crippen LogP contribution in [0.25, 0.3) is 11.0 Å². The summed E-state index contributed by atoms with van der Waals surface area (Å²) < 4.78 is 4.27. The zero-order valence-corrected chi connectivity index (χ0v) is 13.3. The maximum absolute atomic E-state index is 4.75. The summed E-state index contributed by atoms with van der Waals surface area (Å²) in [5, 5.41) is 2.15. The van der Waals surface area contributed by atoms with Crippen LogP contribution in [0.2, 0.25) is 0 Å². The maximum atomic E-state index is 4.75. The molecular formula is C16H17N5S. The minimum atomic E-state index is 0.511. The van der Waals surface area contributed by atoms with E-state index in [0.717, 1.165) is 47.9 Å². The van der Waals surface area contributed by atoms with Gasteiger partial charge in [0.05, 0.1) is 0 Å². The van der Waals surface area contributed by atoms with Crippen molar-refractivity contribution in [1.29, 1.82) is 0 Å². The van der Waals surface area contributed by atoms with E-state index in [4.69, 9.17) is 4.98 Å². The van der Waals surface area contributed by atoms with E-state index in [-0.39, 0.29) is 0 Å². The average molecular weight is 311 g/mol. The molecule has 0 aromatic carbocycles. The highest BCUT2D eigenvalue weighted by Gasteiger charge is 2.23. The molecule has 3 aromatic rings. The third-order valence-corrected chi connectivity index (χ3v) is 5.05. The number of piperidine rings is 1. The first kappa shape index (κ1) is 13.6. The lowest BCUT2D eigenvalue weighted by Gasteiger charge is -2.31. The van der Waals surface area contributed by atoms with Gasteiger partial charge in [-0.15, -0.1) is 0 Å². The number of hydrogen-bond acceptors (Lipinski definition) is 6. The van der Waals surface area contributed by atoms with Crippen LogP contribution >= 0.6 is 11.5 Å². The van der Waals surface area contributed by atoms with E-state index in [9.17, 15) is 0 Å². The van der Waals surface area contributed by atoms with Crippen LogP contribution in [0.4, 0.5) is 5.13 Å². The summed E-state index contributed by atoms with van der Waals surface area (Å²) in [6.45, 7) is 3.97. The first-order valence-corrected chi connectivity index (χ1v) is 8.34. The predicted octanol–water partition coefficient (Wildman–Crippen LogP) is 3.17. The number of pyridine rings is 2. The van der Waals surface area contributed by atoms with Crippen molar-refractivity contribution >= 4 is 27.7 Å². The largest absolute Gasteiger partial charge is 0.347 e. The molecule has 0 aliphatic carbocycles. The summed E-state index contributed by atoms with van der Waals surface area (Å²) in [4.78, 5) is 15.9. The summed E-state index contributed by atoms with van der Waals surface area (Å²) in [7, 11) is 0. The highest BCUT2D eigenvalue weighted by Crippen LogP contribution is 2.30. The average Bonchev–Trinajstić information content (AvgIpc) is 3.01. The number of aryl methyl sites for hydroxylation is 1. The number of fused-ring (bicyclic) bond motifs is 1. The second-order valence-corrected chi connectivity index (χ2v) is 6.40. The molecule has 5 nitrogen and oxygen atoms in total. The zero-order chi connectivity index (χ0) is 14.9. The van der Waals surface area contributed by atoms with Crippen molar-refractivity contribution in [2.45, 2.75) is 25.7 Å². The molecule has 22 heavy (non-hydrogen) atoms. The molecule has 3 aromatic heterocycles. The molecule has 1 aliphatic heterocycles. The molecule has 0 saturated carbocycles. The number of anilines is 1. The maximum Gasteiger partial charge on any atom is 0.205 e. The van der Waals surface area contributed by atoms with Crippen LogP contribution in [-0.4, -0.2) is 32.4 Å². The molecule has 0 atom stereocenters. The molecule has 1 aliphatic rings. The fourth-order valence-corrected chi connectivity index (χ4v) is 3.70. The first-order chi connectivity index (χ1) is 10.8. The molecule has 1 fully saturated rings. The third kappa shape index (κ3) is 2.54. The van der Waals surface area contributed by atoms with Gasteiger partial charge in [-0.25, -0.2) is 15.0 Å². The molecule has 0 bridgehead atoms. The Morgan fingerprint density at radius 3 is 2.77 bits per heavy atom. The van der Waals surface area contributed by atoms with Gasteiger partial charge in [0, 0.05) is 47.8 Å². The van der Waals surface area contributed by atoms with Gasteiger partial charge in [0.25, 0.3) is 0 Å². The Morgan fingerprint density at radius 2 is 2.00 bits per heavy atom. The van der Waals surface area contributed by atoms with Crippen LogP contribution in [-0.2, 0) is 0 Å². The van der Waals surface area contributed by atoms with Gasteiger partial charge in [0.2, 0.25) is 5.13 Å². The second-order valence-electron chi connectivity index (χ2n) is 5.67. The van der Waals surface area contributed by atoms with Crippen LogP contribution in [0, 0.1) is 6.92 Å². The van der Waals surface area contributed by atoms with Crippen molar-refractivity contribution in [2.75, 3.05) is 18.0 Å². The first-order valence-electron chi connectivity index (χ1n) is 7.56. The minimum Gasteiger partial charge on any atom is -0.347 e. The van der Waals surface area contributed by atoms with Gasteiger partial charge in [-0.3, -0.25) is 0 Å². The van der Waals surface area contributed by atoms with E-state index in [2.05, 4.69) is 37.4 Å². The lowest BCUT2D eigenvalue weighted by atomic mass is 9.93. The highest BCUT2D eigenvalue weighted by atomic mass is 32.1. The molecule has 0 unspecified atom stereocenters. The molecule has 112 valence electrons. The summed E-state index contributed by atoms with van der Waals surface area (Å²) in [6, 6.07) is 8.29. The smallest absolute Gasteiger partial charge is 0.205 e. The summed E-state index contributed by atoms with van der Waals surface area (Å²) in [6.07, 6.45) is 4.01. The van der Waals surface area contributed by atoms with E-state index < -0.39 is 0 Å². The quantitative estimate of drug-likeness (QED) is 0.727. The molecular weight excluding hydrogens is 294 g/mol. The lowest BCUT2D eigenvalue weighted by molar-refractivity contribution is 0.496. The predicted molar refractivity (Wildman–Crippen MR) is 88.4 cm³/mol. The topological polar surface area (TPSA) is 54.8 Å². The third-order valence-electron chi connectivity index (χ3n) is 4.19. The number of rotatable bonds is 2. The van der Waals surface area contributed by atoms with Gasteiger partial charge in [0.1, 0.15) is 5.82 Å². The molecule has 4 rings (SSSR count). The van der Waals surface area contributed by atoms with Crippen LogP contribution in [0.3, 0.4) is 0 Å². The summed E-state index contributed by atoms with van der Waals surface area (Å²) in [5.41, 5.74) is 2.02. The van der Waals surface area contributed by atoms with Crippen LogP contribution < -0.4 is 4.90 Å². The Bertz CT molecular complexity index is 792. The van der Waals surface area contributed by atoms with E-state index in [1.54, 1.807) is 6.20 Å². The van der Waals surface area contributed by atoms with Crippen LogP contribution in [0.5, 0.6) is 0 Å².